The number of rotatable bonds is 8. The van der Waals surface area contributed by atoms with Crippen LogP contribution in [0.5, 0.6) is 5.75 Å². The summed E-state index contributed by atoms with van der Waals surface area (Å²) in [7, 11) is 1.60. The van der Waals surface area contributed by atoms with Crippen molar-refractivity contribution >= 4 is 5.91 Å². The highest BCUT2D eigenvalue weighted by Crippen LogP contribution is 2.24. The van der Waals surface area contributed by atoms with E-state index in [-0.39, 0.29) is 24.5 Å². The van der Waals surface area contributed by atoms with Crippen LogP contribution >= 0.6 is 0 Å². The van der Waals surface area contributed by atoms with Gasteiger partial charge < -0.3 is 15.4 Å². The van der Waals surface area contributed by atoms with Gasteiger partial charge in [-0.1, -0.05) is 42.5 Å². The molecule has 1 amide bonds. The fourth-order valence-corrected chi connectivity index (χ4v) is 3.30. The molecule has 0 spiro atoms. The van der Waals surface area contributed by atoms with Gasteiger partial charge >= 0.3 is 0 Å². The normalized spacial score (nSPS) is 12.8. The van der Waals surface area contributed by atoms with E-state index in [1.165, 1.54) is 12.1 Å². The number of benzene rings is 3. The number of amides is 1. The fourth-order valence-electron chi connectivity index (χ4n) is 3.30. The lowest BCUT2D eigenvalue weighted by atomic mass is 9.98. The van der Waals surface area contributed by atoms with E-state index in [0.29, 0.717) is 5.56 Å². The van der Waals surface area contributed by atoms with Crippen LogP contribution in [0.4, 0.5) is 8.78 Å². The lowest BCUT2D eigenvalue weighted by Gasteiger charge is -2.20. The minimum atomic E-state index is -0.619. The third-order valence-electron chi connectivity index (χ3n) is 5.00. The molecule has 0 aliphatic rings. The zero-order valence-electron chi connectivity index (χ0n) is 16.9. The van der Waals surface area contributed by atoms with Gasteiger partial charge in [-0.05, 0) is 42.3 Å². The van der Waals surface area contributed by atoms with Crippen LogP contribution in [0.1, 0.15) is 35.7 Å². The van der Waals surface area contributed by atoms with Crippen LogP contribution in [0.2, 0.25) is 0 Å². The number of hydrogen-bond donors (Lipinski definition) is 2. The minimum absolute atomic E-state index is 0.109. The fraction of sp³-hybridized carbons (Fsp3) is 0.208. The van der Waals surface area contributed by atoms with Crippen LogP contribution in [0, 0.1) is 11.6 Å². The number of nitrogens with one attached hydrogen (secondary N) is 1. The first-order valence-corrected chi connectivity index (χ1v) is 9.74. The van der Waals surface area contributed by atoms with Gasteiger partial charge in [0, 0.05) is 11.6 Å². The van der Waals surface area contributed by atoms with Gasteiger partial charge in [-0.2, -0.15) is 0 Å². The van der Waals surface area contributed by atoms with E-state index in [2.05, 4.69) is 5.32 Å². The zero-order chi connectivity index (χ0) is 21.5. The molecule has 0 fully saturated rings. The topological polar surface area (TPSA) is 54.9 Å². The van der Waals surface area contributed by atoms with Crippen molar-refractivity contribution in [3.05, 3.63) is 101 Å². The molecule has 0 unspecified atom stereocenters. The first kappa shape index (κ1) is 21.5. The predicted octanol–water partition coefficient (Wildman–Crippen LogP) is 3.50. The Hall–Kier alpha value is -3.25. The number of nitrogens with two attached hydrogens (primary N) is 1. The van der Waals surface area contributed by atoms with E-state index in [1.807, 2.05) is 54.6 Å². The molecule has 0 radical (unpaired) electrons. The van der Waals surface area contributed by atoms with Crippen molar-refractivity contribution < 1.29 is 23.6 Å². The summed E-state index contributed by atoms with van der Waals surface area (Å²) in [6, 6.07) is 20.0. The summed E-state index contributed by atoms with van der Waals surface area (Å²) in [6.45, 7) is 1.89. The lowest BCUT2D eigenvalue weighted by molar-refractivity contribution is -0.682. The molecule has 156 valence electrons. The molecule has 0 bridgehead atoms. The molecule has 2 atom stereocenters. The maximum Gasteiger partial charge on any atom is 0.275 e. The number of quaternary nitrogens is 1. The summed E-state index contributed by atoms with van der Waals surface area (Å²) in [6.07, 6.45) is 0. The van der Waals surface area contributed by atoms with Crippen LogP contribution in [0.25, 0.3) is 0 Å². The molecule has 0 saturated heterocycles. The number of hydrogen-bond acceptors (Lipinski definition) is 2. The molecule has 3 N–H and O–H groups in total. The smallest absolute Gasteiger partial charge is 0.275 e. The number of carbonyl (C=O) groups excluding carboxylic acids is 1. The monoisotopic (exact) mass is 411 g/mol. The average Bonchev–Trinajstić information content (AvgIpc) is 2.76. The Labute approximate surface area is 174 Å². The van der Waals surface area contributed by atoms with Gasteiger partial charge in [0.2, 0.25) is 0 Å². The second-order valence-electron chi connectivity index (χ2n) is 7.08. The second-order valence-corrected chi connectivity index (χ2v) is 7.08. The molecule has 0 aromatic heterocycles. The summed E-state index contributed by atoms with van der Waals surface area (Å²) < 4.78 is 32.3. The summed E-state index contributed by atoms with van der Waals surface area (Å²) in [5, 5.41) is 4.78. The van der Waals surface area contributed by atoms with Crippen LogP contribution in [0.3, 0.4) is 0 Å². The molecule has 4 nitrogen and oxygen atoms in total. The highest BCUT2D eigenvalue weighted by molar-refractivity contribution is 5.77. The molecule has 3 aromatic rings. The molecular formula is C24H25F2N2O2+. The average molecular weight is 411 g/mol. The van der Waals surface area contributed by atoms with Crippen molar-refractivity contribution in [3.63, 3.8) is 0 Å². The van der Waals surface area contributed by atoms with Crippen molar-refractivity contribution in [2.24, 2.45) is 0 Å². The van der Waals surface area contributed by atoms with Crippen LogP contribution in [0.15, 0.2) is 72.8 Å². The van der Waals surface area contributed by atoms with Crippen LogP contribution < -0.4 is 15.4 Å². The van der Waals surface area contributed by atoms with Gasteiger partial charge in [0.1, 0.15) is 23.4 Å². The number of methoxy groups -OCH3 is 1. The Kier molecular flexibility index (Phi) is 7.14. The minimum Gasteiger partial charge on any atom is -0.497 e. The van der Waals surface area contributed by atoms with Crippen molar-refractivity contribution in [3.8, 4) is 5.75 Å². The molecular weight excluding hydrogens is 386 g/mol. The Bertz CT molecular complexity index is 978. The zero-order valence-corrected chi connectivity index (χ0v) is 16.9. The van der Waals surface area contributed by atoms with Crippen molar-refractivity contribution in [1.82, 2.24) is 5.32 Å². The SMILES string of the molecule is COc1ccc([C@H](NC(=O)C[NH2+][C@@H](C)c2ccc(F)cc2F)c2ccccc2)cc1. The molecule has 3 rings (SSSR count). The molecule has 0 aliphatic carbocycles. The first-order chi connectivity index (χ1) is 14.5. The Morgan fingerprint density at radius 2 is 1.67 bits per heavy atom. The number of halogens is 2. The quantitative estimate of drug-likeness (QED) is 0.596. The standard InChI is InChI=1S/C24H24F2N2O2/c1-16(21-13-10-19(25)14-22(21)26)27-15-23(29)28-24(17-6-4-3-5-7-17)18-8-11-20(30-2)12-9-18/h3-14,16,24,27H,15H2,1-2H3,(H,28,29)/p+1/t16-,24+/m0/s1. The van der Waals surface area contributed by atoms with E-state index in [4.69, 9.17) is 4.74 Å². The van der Waals surface area contributed by atoms with Gasteiger partial charge in [0.25, 0.3) is 5.91 Å². The molecule has 0 saturated carbocycles. The molecule has 0 heterocycles. The highest BCUT2D eigenvalue weighted by atomic mass is 19.1. The van der Waals surface area contributed by atoms with Gasteiger partial charge in [-0.3, -0.25) is 4.79 Å². The Balaban J connectivity index is 1.70. The first-order valence-electron chi connectivity index (χ1n) is 9.74. The van der Waals surface area contributed by atoms with E-state index in [0.717, 1.165) is 22.9 Å². The third-order valence-corrected chi connectivity index (χ3v) is 5.00. The summed E-state index contributed by atoms with van der Waals surface area (Å²) in [5.41, 5.74) is 2.24. The van der Waals surface area contributed by atoms with Crippen molar-refractivity contribution in [2.75, 3.05) is 13.7 Å². The highest BCUT2D eigenvalue weighted by Gasteiger charge is 2.20. The van der Waals surface area contributed by atoms with Crippen molar-refractivity contribution in [1.29, 1.82) is 0 Å². The number of ether oxygens (including phenoxy) is 1. The molecule has 0 aliphatic heterocycles. The lowest BCUT2D eigenvalue weighted by Crippen LogP contribution is -2.87. The summed E-state index contributed by atoms with van der Waals surface area (Å²) >= 11 is 0. The predicted molar refractivity (Wildman–Crippen MR) is 111 cm³/mol. The molecule has 3 aromatic carbocycles. The van der Waals surface area contributed by atoms with E-state index in [9.17, 15) is 13.6 Å². The van der Waals surface area contributed by atoms with Crippen LogP contribution in [-0.2, 0) is 4.79 Å². The maximum atomic E-state index is 14.0. The van der Waals surface area contributed by atoms with E-state index < -0.39 is 11.6 Å². The van der Waals surface area contributed by atoms with Crippen LogP contribution in [-0.4, -0.2) is 19.6 Å². The number of carbonyl (C=O) groups is 1. The Morgan fingerprint density at radius 3 is 2.30 bits per heavy atom. The van der Waals surface area contributed by atoms with Gasteiger partial charge in [-0.15, -0.1) is 0 Å². The molecule has 30 heavy (non-hydrogen) atoms. The second kappa shape index (κ2) is 9.98. The largest absolute Gasteiger partial charge is 0.497 e. The molecule has 6 heteroatoms. The van der Waals surface area contributed by atoms with Crippen molar-refractivity contribution in [2.45, 2.75) is 19.0 Å². The summed E-state index contributed by atoms with van der Waals surface area (Å²) in [4.78, 5) is 12.7. The van der Waals surface area contributed by atoms with Gasteiger partial charge in [-0.25, -0.2) is 8.78 Å². The third kappa shape index (κ3) is 5.42. The van der Waals surface area contributed by atoms with Gasteiger partial charge in [0.05, 0.1) is 13.2 Å². The van der Waals surface area contributed by atoms with Gasteiger partial charge in [0.15, 0.2) is 6.54 Å². The van der Waals surface area contributed by atoms with E-state index >= 15 is 0 Å². The Morgan fingerprint density at radius 1 is 1.00 bits per heavy atom. The summed E-state index contributed by atoms with van der Waals surface area (Å²) in [5.74, 6) is -0.680. The van der Waals surface area contributed by atoms with E-state index in [1.54, 1.807) is 19.4 Å². The maximum absolute atomic E-state index is 14.0.